The second-order valence-corrected chi connectivity index (χ2v) is 7.75. The monoisotopic (exact) mass is 558 g/mol. The predicted molar refractivity (Wildman–Crippen MR) is 120 cm³/mol. The molecule has 0 aliphatic heterocycles. The summed E-state index contributed by atoms with van der Waals surface area (Å²) in [5.41, 5.74) is 2.47. The van der Waals surface area contributed by atoms with Gasteiger partial charge in [-0.25, -0.2) is 4.57 Å². The summed E-state index contributed by atoms with van der Waals surface area (Å²) in [5.74, 6) is -1.18. The van der Waals surface area contributed by atoms with Crippen LogP contribution in [0.5, 0.6) is 0 Å². The minimum absolute atomic E-state index is 0. The average molecular weight is 558 g/mol. The number of rotatable bonds is 8. The van der Waals surface area contributed by atoms with E-state index in [1.165, 1.54) is 0 Å². The van der Waals surface area contributed by atoms with Crippen LogP contribution >= 0.6 is 0 Å². The minimum atomic E-state index is -0.498. The van der Waals surface area contributed by atoms with Crippen molar-refractivity contribution in [3.05, 3.63) is 101 Å². The molecule has 2 atom stereocenters. The van der Waals surface area contributed by atoms with Crippen LogP contribution in [0.15, 0.2) is 79.1 Å². The van der Waals surface area contributed by atoms with Gasteiger partial charge in [0.2, 0.25) is 0 Å². The Labute approximate surface area is 211 Å². The highest BCUT2D eigenvalue weighted by Gasteiger charge is 2.20. The van der Waals surface area contributed by atoms with E-state index in [2.05, 4.69) is 5.32 Å². The number of amides is 1. The molecule has 172 valence electrons. The number of pyridine rings is 1. The Bertz CT molecular complexity index is 1100. The maximum Gasteiger partial charge on any atom is 0.313 e. The van der Waals surface area contributed by atoms with Crippen molar-refractivity contribution in [1.82, 2.24) is 5.32 Å². The largest absolute Gasteiger partial charge is 1.00 e. The zero-order valence-corrected chi connectivity index (χ0v) is 21.0. The molecule has 0 spiro atoms. The molecule has 3 rings (SSSR count). The molecule has 0 radical (unpaired) electrons. The van der Waals surface area contributed by atoms with E-state index in [0.29, 0.717) is 16.7 Å². The van der Waals surface area contributed by atoms with Crippen molar-refractivity contribution in [3.8, 4) is 0 Å². The van der Waals surface area contributed by atoms with Crippen LogP contribution in [0.1, 0.15) is 51.6 Å². The summed E-state index contributed by atoms with van der Waals surface area (Å²) in [5, 5.41) is 2.78. The normalized spacial score (nSPS) is 12.1. The van der Waals surface area contributed by atoms with Gasteiger partial charge in [-0.05, 0) is 25.5 Å². The summed E-state index contributed by atoms with van der Waals surface area (Å²) in [4.78, 5) is 37.3. The Kier molecular flexibility index (Phi) is 9.72. The fourth-order valence-electron chi connectivity index (χ4n) is 3.22. The highest BCUT2D eigenvalue weighted by molar-refractivity contribution is 6.09. The average Bonchev–Trinajstić information content (AvgIpc) is 2.82. The van der Waals surface area contributed by atoms with Crippen molar-refractivity contribution in [2.45, 2.75) is 25.9 Å². The number of hydrogen-bond donors (Lipinski definition) is 1. The number of benzene rings is 2. The van der Waals surface area contributed by atoms with Crippen LogP contribution in [0, 0.1) is 0 Å². The molecule has 2 unspecified atom stereocenters. The van der Waals surface area contributed by atoms with E-state index in [0.717, 1.165) is 5.56 Å². The number of hydrogen-bond acceptors (Lipinski definition) is 4. The summed E-state index contributed by atoms with van der Waals surface area (Å²) in [6.45, 7) is 3.70. The van der Waals surface area contributed by atoms with Gasteiger partial charge in [-0.3, -0.25) is 14.4 Å². The summed E-state index contributed by atoms with van der Waals surface area (Å²) in [6, 6.07) is 19.5. The van der Waals surface area contributed by atoms with E-state index in [9.17, 15) is 14.4 Å². The maximum absolute atomic E-state index is 12.5. The zero-order valence-electron chi connectivity index (χ0n) is 18.8. The molecular formula is C26H27IN2O4. The van der Waals surface area contributed by atoms with Crippen LogP contribution in [-0.2, 0) is 16.6 Å². The van der Waals surface area contributed by atoms with Gasteiger partial charge in [0, 0.05) is 17.2 Å². The Hall–Kier alpha value is -3.07. The van der Waals surface area contributed by atoms with Gasteiger partial charge < -0.3 is 34.0 Å². The van der Waals surface area contributed by atoms with Crippen molar-refractivity contribution in [2.24, 2.45) is 7.05 Å². The van der Waals surface area contributed by atoms with Crippen molar-refractivity contribution in [2.75, 3.05) is 6.54 Å². The van der Waals surface area contributed by atoms with E-state index in [1.54, 1.807) is 73.1 Å². The third-order valence-corrected chi connectivity index (χ3v) is 5.13. The number of halogens is 1. The molecule has 33 heavy (non-hydrogen) atoms. The van der Waals surface area contributed by atoms with Crippen molar-refractivity contribution < 1.29 is 47.7 Å². The number of carbonyl (C=O) groups is 3. The summed E-state index contributed by atoms with van der Waals surface area (Å²) in [6.07, 6.45) is 3.08. The molecule has 0 bridgehead atoms. The maximum atomic E-state index is 12.5. The van der Waals surface area contributed by atoms with E-state index in [4.69, 9.17) is 4.74 Å². The fourth-order valence-corrected chi connectivity index (χ4v) is 3.22. The fraction of sp³-hybridized carbons (Fsp3) is 0.231. The third kappa shape index (κ3) is 7.21. The number of ether oxygens (including phenoxy) is 1. The number of aromatic nitrogens is 1. The first-order valence-corrected chi connectivity index (χ1v) is 10.5. The molecule has 1 N–H and O–H groups in total. The molecule has 7 heteroatoms. The molecule has 6 nitrogen and oxygen atoms in total. The van der Waals surface area contributed by atoms with E-state index < -0.39 is 12.0 Å². The molecular weight excluding hydrogens is 531 g/mol. The van der Waals surface area contributed by atoms with Gasteiger partial charge in [0.15, 0.2) is 18.2 Å². The van der Waals surface area contributed by atoms with Gasteiger partial charge >= 0.3 is 5.97 Å². The van der Waals surface area contributed by atoms with E-state index in [1.807, 2.05) is 31.4 Å². The van der Waals surface area contributed by atoms with Gasteiger partial charge in [-0.1, -0.05) is 54.6 Å². The summed E-state index contributed by atoms with van der Waals surface area (Å²) < 4.78 is 7.29. The SMILES string of the molecule is CC(CNC(=O)c1ccc[n+](C)c1)OC(=O)C(C)c1ccc(C(=O)c2ccccc2)cc1.[I-]. The van der Waals surface area contributed by atoms with Gasteiger partial charge in [0.05, 0.1) is 12.5 Å². The number of ketones is 1. The Morgan fingerprint density at radius 3 is 2.12 bits per heavy atom. The van der Waals surface area contributed by atoms with E-state index >= 15 is 0 Å². The molecule has 0 aliphatic rings. The van der Waals surface area contributed by atoms with Crippen LogP contribution in [0.4, 0.5) is 0 Å². The Morgan fingerprint density at radius 2 is 1.48 bits per heavy atom. The smallest absolute Gasteiger partial charge is 0.313 e. The lowest BCUT2D eigenvalue weighted by Gasteiger charge is -2.17. The third-order valence-electron chi connectivity index (χ3n) is 5.13. The minimum Gasteiger partial charge on any atom is -1.00 e. The number of esters is 1. The molecule has 1 aromatic heterocycles. The van der Waals surface area contributed by atoms with Crippen molar-refractivity contribution >= 4 is 17.7 Å². The molecule has 0 fully saturated rings. The molecule has 1 amide bonds. The second-order valence-electron chi connectivity index (χ2n) is 7.75. The topological polar surface area (TPSA) is 76.4 Å². The summed E-state index contributed by atoms with van der Waals surface area (Å²) >= 11 is 0. The first-order chi connectivity index (χ1) is 15.3. The highest BCUT2D eigenvalue weighted by atomic mass is 127. The van der Waals surface area contributed by atoms with Crippen LogP contribution < -0.4 is 33.9 Å². The molecule has 1 heterocycles. The molecule has 0 saturated carbocycles. The molecule has 3 aromatic rings. The predicted octanol–water partition coefficient (Wildman–Crippen LogP) is 0.211. The molecule has 0 saturated heterocycles. The number of nitrogens with one attached hydrogen (secondary N) is 1. The van der Waals surface area contributed by atoms with Crippen molar-refractivity contribution in [3.63, 3.8) is 0 Å². The van der Waals surface area contributed by atoms with Crippen LogP contribution in [0.3, 0.4) is 0 Å². The highest BCUT2D eigenvalue weighted by Crippen LogP contribution is 2.19. The van der Waals surface area contributed by atoms with E-state index in [-0.39, 0.29) is 48.2 Å². The lowest BCUT2D eigenvalue weighted by molar-refractivity contribution is -0.671. The molecule has 2 aromatic carbocycles. The standard InChI is InChI=1S/C26H26N2O4.HI/c1-18(16-27-25(30)23-10-7-15-28(3)17-23)32-26(31)19(2)20-11-13-22(14-12-20)24(29)21-8-5-4-6-9-21;/h4-15,17-19H,16H2,1-3H3;1H. The number of aryl methyl sites for hydroxylation is 1. The Balaban J connectivity index is 0.00000385. The van der Waals surface area contributed by atoms with Gasteiger partial charge in [0.1, 0.15) is 18.7 Å². The van der Waals surface area contributed by atoms with Crippen LogP contribution in [0.2, 0.25) is 0 Å². The lowest BCUT2D eigenvalue weighted by Crippen LogP contribution is -3.00. The van der Waals surface area contributed by atoms with Gasteiger partial charge in [-0.2, -0.15) is 0 Å². The van der Waals surface area contributed by atoms with Gasteiger partial charge in [-0.15, -0.1) is 0 Å². The van der Waals surface area contributed by atoms with Crippen LogP contribution in [0.25, 0.3) is 0 Å². The number of nitrogens with zero attached hydrogens (tertiary/aromatic N) is 1. The lowest BCUT2D eigenvalue weighted by atomic mass is 9.97. The van der Waals surface area contributed by atoms with Crippen molar-refractivity contribution in [1.29, 1.82) is 0 Å². The Morgan fingerprint density at radius 1 is 0.879 bits per heavy atom. The zero-order chi connectivity index (χ0) is 23.1. The summed E-state index contributed by atoms with van der Waals surface area (Å²) in [7, 11) is 1.84. The first-order valence-electron chi connectivity index (χ1n) is 10.5. The second kappa shape index (κ2) is 12.2. The van der Waals surface area contributed by atoms with Crippen LogP contribution in [-0.4, -0.2) is 30.3 Å². The molecule has 0 aliphatic carbocycles. The van der Waals surface area contributed by atoms with Gasteiger partial charge in [0.25, 0.3) is 5.91 Å². The quantitative estimate of drug-likeness (QED) is 0.186. The number of carbonyl (C=O) groups excluding carboxylic acids is 3. The first kappa shape index (κ1) is 26.2.